The van der Waals surface area contributed by atoms with E-state index in [0.29, 0.717) is 13.0 Å². The van der Waals surface area contributed by atoms with Crippen molar-refractivity contribution in [2.24, 2.45) is 0 Å². The van der Waals surface area contributed by atoms with E-state index < -0.39 is 5.82 Å². The summed E-state index contributed by atoms with van der Waals surface area (Å²) in [5.74, 6) is -0.341. The van der Waals surface area contributed by atoms with Crippen molar-refractivity contribution in [2.75, 3.05) is 6.61 Å². The molecule has 0 saturated heterocycles. The molecule has 18 heavy (non-hydrogen) atoms. The molecule has 0 aliphatic carbocycles. The Morgan fingerprint density at radius 2 is 2.00 bits per heavy atom. The van der Waals surface area contributed by atoms with Crippen LogP contribution in [0.3, 0.4) is 0 Å². The van der Waals surface area contributed by atoms with Crippen molar-refractivity contribution in [2.45, 2.75) is 6.42 Å². The number of benzene rings is 1. The Kier molecular flexibility index (Phi) is 3.87. The molecular formula is C14H11FN2O. The molecule has 1 aromatic heterocycles. The lowest BCUT2D eigenvalue weighted by molar-refractivity contribution is 0.305. The van der Waals surface area contributed by atoms with Gasteiger partial charge in [0.05, 0.1) is 18.2 Å². The van der Waals surface area contributed by atoms with Crippen molar-refractivity contribution in [1.82, 2.24) is 4.98 Å². The van der Waals surface area contributed by atoms with E-state index in [1.807, 2.05) is 18.2 Å². The standard InChI is InChI=1S/C14H11FN2O/c15-13-9-12(10-16)1-2-14(13)18-8-5-11-3-6-17-7-4-11/h1-4,6-7,9H,5,8H2. The first-order chi connectivity index (χ1) is 8.79. The molecule has 2 aromatic rings. The molecule has 0 fully saturated rings. The Balaban J connectivity index is 1.93. The summed E-state index contributed by atoms with van der Waals surface area (Å²) in [5, 5.41) is 8.61. The molecule has 0 saturated carbocycles. The van der Waals surface area contributed by atoms with Gasteiger partial charge in [-0.15, -0.1) is 0 Å². The molecule has 0 N–H and O–H groups in total. The van der Waals surface area contributed by atoms with Gasteiger partial charge in [0.15, 0.2) is 11.6 Å². The maximum absolute atomic E-state index is 13.5. The molecule has 0 radical (unpaired) electrons. The Bertz CT molecular complexity index is 564. The van der Waals surface area contributed by atoms with Crippen LogP contribution in [0.1, 0.15) is 11.1 Å². The summed E-state index contributed by atoms with van der Waals surface area (Å²) in [6.07, 6.45) is 4.09. The number of halogens is 1. The summed E-state index contributed by atoms with van der Waals surface area (Å²) in [7, 11) is 0. The van der Waals surface area contributed by atoms with Crippen molar-refractivity contribution >= 4 is 0 Å². The minimum atomic E-state index is -0.510. The van der Waals surface area contributed by atoms with Crippen LogP contribution < -0.4 is 4.74 Å². The van der Waals surface area contributed by atoms with E-state index in [-0.39, 0.29) is 11.3 Å². The van der Waals surface area contributed by atoms with Gasteiger partial charge in [-0.2, -0.15) is 5.26 Å². The van der Waals surface area contributed by atoms with E-state index in [0.717, 1.165) is 5.56 Å². The highest BCUT2D eigenvalue weighted by Gasteiger charge is 2.04. The van der Waals surface area contributed by atoms with E-state index in [1.165, 1.54) is 18.2 Å². The van der Waals surface area contributed by atoms with Crippen molar-refractivity contribution < 1.29 is 9.13 Å². The molecule has 2 rings (SSSR count). The van der Waals surface area contributed by atoms with Crippen LogP contribution in [0.5, 0.6) is 5.75 Å². The van der Waals surface area contributed by atoms with Crippen LogP contribution >= 0.6 is 0 Å². The van der Waals surface area contributed by atoms with E-state index >= 15 is 0 Å². The fourth-order valence-electron chi connectivity index (χ4n) is 1.52. The number of pyridine rings is 1. The molecule has 0 bridgehead atoms. The molecule has 1 aromatic carbocycles. The number of ether oxygens (including phenoxy) is 1. The van der Waals surface area contributed by atoms with Crippen molar-refractivity contribution in [3.8, 4) is 11.8 Å². The first-order valence-electron chi connectivity index (χ1n) is 5.51. The Labute approximate surface area is 104 Å². The number of hydrogen-bond acceptors (Lipinski definition) is 3. The lowest BCUT2D eigenvalue weighted by Gasteiger charge is -2.07. The van der Waals surface area contributed by atoms with Crippen molar-refractivity contribution in [3.05, 3.63) is 59.7 Å². The molecule has 1 heterocycles. The fourth-order valence-corrected chi connectivity index (χ4v) is 1.52. The molecule has 0 amide bonds. The minimum Gasteiger partial charge on any atom is -0.490 e. The van der Waals surface area contributed by atoms with Crippen LogP contribution in [0.2, 0.25) is 0 Å². The van der Waals surface area contributed by atoms with Crippen LogP contribution in [0.25, 0.3) is 0 Å². The van der Waals surface area contributed by atoms with Gasteiger partial charge in [-0.05, 0) is 35.9 Å². The molecule has 0 aliphatic heterocycles. The van der Waals surface area contributed by atoms with Crippen LogP contribution in [0, 0.1) is 17.1 Å². The second-order valence-electron chi connectivity index (χ2n) is 3.71. The number of nitriles is 1. The number of hydrogen-bond donors (Lipinski definition) is 0. The largest absolute Gasteiger partial charge is 0.490 e. The number of nitrogens with zero attached hydrogens (tertiary/aromatic N) is 2. The molecule has 90 valence electrons. The van der Waals surface area contributed by atoms with Crippen LogP contribution in [0.15, 0.2) is 42.7 Å². The van der Waals surface area contributed by atoms with Crippen LogP contribution in [-0.2, 0) is 6.42 Å². The summed E-state index contributed by atoms with van der Waals surface area (Å²) in [6.45, 7) is 0.382. The van der Waals surface area contributed by atoms with Gasteiger partial charge >= 0.3 is 0 Å². The third kappa shape index (κ3) is 3.05. The number of aromatic nitrogens is 1. The molecule has 0 unspecified atom stereocenters. The van der Waals surface area contributed by atoms with E-state index in [9.17, 15) is 4.39 Å². The topological polar surface area (TPSA) is 45.9 Å². The second kappa shape index (κ2) is 5.78. The Hall–Kier alpha value is -2.41. The summed E-state index contributed by atoms with van der Waals surface area (Å²) in [4.78, 5) is 3.91. The van der Waals surface area contributed by atoms with Gasteiger partial charge in [0.2, 0.25) is 0 Å². The number of rotatable bonds is 4. The zero-order valence-electron chi connectivity index (χ0n) is 9.64. The predicted molar refractivity (Wildman–Crippen MR) is 64.6 cm³/mol. The van der Waals surface area contributed by atoms with Gasteiger partial charge < -0.3 is 4.74 Å². The third-order valence-corrected chi connectivity index (χ3v) is 2.46. The normalized spacial score (nSPS) is 9.78. The lowest BCUT2D eigenvalue weighted by Crippen LogP contribution is -2.02. The molecule has 0 aliphatic rings. The van der Waals surface area contributed by atoms with Crippen LogP contribution in [-0.4, -0.2) is 11.6 Å². The summed E-state index contributed by atoms with van der Waals surface area (Å²) in [6, 6.07) is 9.82. The van der Waals surface area contributed by atoms with Crippen molar-refractivity contribution in [3.63, 3.8) is 0 Å². The lowest BCUT2D eigenvalue weighted by atomic mass is 10.2. The zero-order chi connectivity index (χ0) is 12.8. The fraction of sp³-hybridized carbons (Fsp3) is 0.143. The summed E-state index contributed by atoms with van der Waals surface area (Å²) in [5.41, 5.74) is 1.37. The van der Waals surface area contributed by atoms with E-state index in [4.69, 9.17) is 10.00 Å². The molecule has 0 atom stereocenters. The highest BCUT2D eigenvalue weighted by Crippen LogP contribution is 2.18. The zero-order valence-corrected chi connectivity index (χ0v) is 9.64. The first-order valence-corrected chi connectivity index (χ1v) is 5.51. The minimum absolute atomic E-state index is 0.169. The first kappa shape index (κ1) is 12.1. The van der Waals surface area contributed by atoms with Gasteiger partial charge in [-0.1, -0.05) is 0 Å². The molecule has 0 spiro atoms. The second-order valence-corrected chi connectivity index (χ2v) is 3.71. The molecular weight excluding hydrogens is 231 g/mol. The Morgan fingerprint density at radius 1 is 1.22 bits per heavy atom. The molecule has 3 nitrogen and oxygen atoms in total. The SMILES string of the molecule is N#Cc1ccc(OCCc2ccncc2)c(F)c1. The average Bonchev–Trinajstić information content (AvgIpc) is 2.42. The third-order valence-electron chi connectivity index (χ3n) is 2.46. The van der Waals surface area contributed by atoms with Gasteiger partial charge in [0, 0.05) is 18.8 Å². The van der Waals surface area contributed by atoms with Gasteiger partial charge in [-0.25, -0.2) is 4.39 Å². The van der Waals surface area contributed by atoms with Gasteiger partial charge in [0.25, 0.3) is 0 Å². The van der Waals surface area contributed by atoms with Crippen molar-refractivity contribution in [1.29, 1.82) is 5.26 Å². The quantitative estimate of drug-likeness (QED) is 0.828. The van der Waals surface area contributed by atoms with Gasteiger partial charge in [0.1, 0.15) is 0 Å². The van der Waals surface area contributed by atoms with Gasteiger partial charge in [-0.3, -0.25) is 4.98 Å². The average molecular weight is 242 g/mol. The monoisotopic (exact) mass is 242 g/mol. The maximum atomic E-state index is 13.5. The predicted octanol–water partition coefficient (Wildman–Crippen LogP) is 2.71. The highest BCUT2D eigenvalue weighted by molar-refractivity contribution is 5.36. The maximum Gasteiger partial charge on any atom is 0.166 e. The van der Waals surface area contributed by atoms with Crippen LogP contribution in [0.4, 0.5) is 4.39 Å². The Morgan fingerprint density at radius 3 is 2.67 bits per heavy atom. The summed E-state index contributed by atoms with van der Waals surface area (Å²) >= 11 is 0. The van der Waals surface area contributed by atoms with E-state index in [1.54, 1.807) is 12.4 Å². The van der Waals surface area contributed by atoms with E-state index in [2.05, 4.69) is 4.98 Å². The summed E-state index contributed by atoms with van der Waals surface area (Å²) < 4.78 is 18.8. The molecule has 4 heteroatoms. The highest BCUT2D eigenvalue weighted by atomic mass is 19.1. The smallest absolute Gasteiger partial charge is 0.166 e.